The van der Waals surface area contributed by atoms with Crippen LogP contribution < -0.4 is 5.73 Å². The molecule has 0 aromatic carbocycles. The van der Waals surface area contributed by atoms with Crippen molar-refractivity contribution in [1.82, 2.24) is 4.90 Å². The molecule has 0 spiro atoms. The predicted molar refractivity (Wildman–Crippen MR) is 63.9 cm³/mol. The number of nitrogens with zero attached hydrogens (tertiary/aromatic N) is 1. The third-order valence-corrected chi connectivity index (χ3v) is 3.53. The maximum Gasteiger partial charge on any atom is 0.0619 e. The van der Waals surface area contributed by atoms with Crippen molar-refractivity contribution in [2.75, 3.05) is 26.3 Å². The maximum atomic E-state index is 5.87. The summed E-state index contributed by atoms with van der Waals surface area (Å²) in [7, 11) is 0. The molecule has 2 N–H and O–H groups in total. The Labute approximate surface area is 94.0 Å². The molecule has 1 fully saturated rings. The largest absolute Gasteiger partial charge is 0.380 e. The van der Waals surface area contributed by atoms with E-state index in [1.807, 2.05) is 6.92 Å². The molecule has 1 heterocycles. The van der Waals surface area contributed by atoms with E-state index in [1.165, 1.54) is 19.4 Å². The van der Waals surface area contributed by atoms with Crippen molar-refractivity contribution in [2.45, 2.75) is 45.7 Å². The molecule has 3 unspecified atom stereocenters. The lowest BCUT2D eigenvalue weighted by Gasteiger charge is -2.42. The van der Waals surface area contributed by atoms with Gasteiger partial charge in [0.15, 0.2) is 0 Å². The van der Waals surface area contributed by atoms with Gasteiger partial charge >= 0.3 is 0 Å². The highest BCUT2D eigenvalue weighted by molar-refractivity contribution is 4.85. The average Bonchev–Trinajstić information content (AvgIpc) is 2.25. The van der Waals surface area contributed by atoms with Crippen LogP contribution in [0.2, 0.25) is 0 Å². The SMILES string of the molecule is CCOCC(C)N1CCCC(C)C1CN. The van der Waals surface area contributed by atoms with E-state index in [-0.39, 0.29) is 0 Å². The molecule has 90 valence electrons. The number of ether oxygens (including phenoxy) is 1. The van der Waals surface area contributed by atoms with Crippen molar-refractivity contribution in [3.63, 3.8) is 0 Å². The maximum absolute atomic E-state index is 5.87. The summed E-state index contributed by atoms with van der Waals surface area (Å²) in [5.74, 6) is 0.729. The number of likely N-dealkylation sites (tertiary alicyclic amines) is 1. The van der Waals surface area contributed by atoms with Crippen LogP contribution >= 0.6 is 0 Å². The summed E-state index contributed by atoms with van der Waals surface area (Å²) in [4.78, 5) is 2.53. The standard InChI is InChI=1S/C12H26N2O/c1-4-15-9-11(3)14-7-5-6-10(2)12(14)8-13/h10-12H,4-9,13H2,1-3H3. The first-order valence-electron chi connectivity index (χ1n) is 6.24. The first-order valence-corrected chi connectivity index (χ1v) is 6.24. The van der Waals surface area contributed by atoms with E-state index in [9.17, 15) is 0 Å². The Morgan fingerprint density at radius 3 is 2.87 bits per heavy atom. The Kier molecular flexibility index (Phi) is 5.58. The lowest BCUT2D eigenvalue weighted by Crippen LogP contribution is -2.53. The van der Waals surface area contributed by atoms with Gasteiger partial charge in [-0.1, -0.05) is 6.92 Å². The summed E-state index contributed by atoms with van der Waals surface area (Å²) in [6.45, 7) is 10.2. The number of hydrogen-bond donors (Lipinski definition) is 1. The number of piperidine rings is 1. The summed E-state index contributed by atoms with van der Waals surface area (Å²) < 4.78 is 5.49. The first kappa shape index (κ1) is 12.9. The fraction of sp³-hybridized carbons (Fsp3) is 1.00. The van der Waals surface area contributed by atoms with Gasteiger partial charge in [0.2, 0.25) is 0 Å². The van der Waals surface area contributed by atoms with Crippen LogP contribution in [0.4, 0.5) is 0 Å². The van der Waals surface area contributed by atoms with Crippen LogP contribution in [0.25, 0.3) is 0 Å². The highest BCUT2D eigenvalue weighted by Gasteiger charge is 2.30. The van der Waals surface area contributed by atoms with Crippen molar-refractivity contribution < 1.29 is 4.74 Å². The lowest BCUT2D eigenvalue weighted by molar-refractivity contribution is 0.0179. The molecular formula is C12H26N2O. The molecule has 0 aromatic heterocycles. The van der Waals surface area contributed by atoms with E-state index >= 15 is 0 Å². The summed E-state index contributed by atoms with van der Waals surface area (Å²) in [6, 6.07) is 1.05. The van der Waals surface area contributed by atoms with Gasteiger partial charge in [0.1, 0.15) is 0 Å². The van der Waals surface area contributed by atoms with Crippen LogP contribution in [-0.2, 0) is 4.74 Å². The molecular weight excluding hydrogens is 188 g/mol. The molecule has 0 aliphatic carbocycles. The van der Waals surface area contributed by atoms with Gasteiger partial charge < -0.3 is 10.5 Å². The van der Waals surface area contributed by atoms with Gasteiger partial charge in [-0.2, -0.15) is 0 Å². The van der Waals surface area contributed by atoms with Gasteiger partial charge in [-0.15, -0.1) is 0 Å². The monoisotopic (exact) mass is 214 g/mol. The van der Waals surface area contributed by atoms with Crippen molar-refractivity contribution in [2.24, 2.45) is 11.7 Å². The summed E-state index contributed by atoms with van der Waals surface area (Å²) in [5, 5.41) is 0. The minimum Gasteiger partial charge on any atom is -0.380 e. The fourth-order valence-electron chi connectivity index (χ4n) is 2.58. The molecule has 0 amide bonds. The van der Waals surface area contributed by atoms with Gasteiger partial charge in [-0.05, 0) is 39.2 Å². The normalized spacial score (nSPS) is 30.4. The van der Waals surface area contributed by atoms with Crippen LogP contribution in [0.1, 0.15) is 33.6 Å². The number of rotatable bonds is 5. The van der Waals surface area contributed by atoms with Crippen LogP contribution in [0.15, 0.2) is 0 Å². The second-order valence-corrected chi connectivity index (χ2v) is 4.67. The van der Waals surface area contributed by atoms with E-state index in [0.29, 0.717) is 12.1 Å². The summed E-state index contributed by atoms with van der Waals surface area (Å²) >= 11 is 0. The van der Waals surface area contributed by atoms with Gasteiger partial charge in [-0.3, -0.25) is 4.90 Å². The molecule has 0 bridgehead atoms. The van der Waals surface area contributed by atoms with Gasteiger partial charge in [-0.25, -0.2) is 0 Å². The van der Waals surface area contributed by atoms with Gasteiger partial charge in [0.05, 0.1) is 6.61 Å². The van der Waals surface area contributed by atoms with Crippen LogP contribution in [0.5, 0.6) is 0 Å². The van der Waals surface area contributed by atoms with Crippen LogP contribution in [0, 0.1) is 5.92 Å². The fourth-order valence-corrected chi connectivity index (χ4v) is 2.58. The molecule has 0 saturated carbocycles. The zero-order valence-corrected chi connectivity index (χ0v) is 10.4. The third-order valence-electron chi connectivity index (χ3n) is 3.53. The number of hydrogen-bond acceptors (Lipinski definition) is 3. The quantitative estimate of drug-likeness (QED) is 0.753. The molecule has 1 aliphatic rings. The molecule has 1 rings (SSSR count). The zero-order chi connectivity index (χ0) is 11.3. The van der Waals surface area contributed by atoms with E-state index < -0.39 is 0 Å². The minimum absolute atomic E-state index is 0.501. The highest BCUT2D eigenvalue weighted by atomic mass is 16.5. The van der Waals surface area contributed by atoms with Crippen molar-refractivity contribution in [1.29, 1.82) is 0 Å². The highest BCUT2D eigenvalue weighted by Crippen LogP contribution is 2.24. The predicted octanol–water partition coefficient (Wildman–Crippen LogP) is 1.47. The van der Waals surface area contributed by atoms with Crippen molar-refractivity contribution in [3.05, 3.63) is 0 Å². The molecule has 3 heteroatoms. The van der Waals surface area contributed by atoms with Crippen molar-refractivity contribution >= 4 is 0 Å². The molecule has 3 atom stereocenters. The van der Waals surface area contributed by atoms with E-state index in [0.717, 1.165) is 25.7 Å². The number of nitrogens with two attached hydrogens (primary N) is 1. The van der Waals surface area contributed by atoms with Crippen LogP contribution in [0.3, 0.4) is 0 Å². The molecule has 3 nitrogen and oxygen atoms in total. The molecule has 1 saturated heterocycles. The van der Waals surface area contributed by atoms with E-state index in [2.05, 4.69) is 18.7 Å². The zero-order valence-electron chi connectivity index (χ0n) is 10.4. The van der Waals surface area contributed by atoms with Crippen LogP contribution in [-0.4, -0.2) is 43.3 Å². The van der Waals surface area contributed by atoms with Gasteiger partial charge in [0.25, 0.3) is 0 Å². The lowest BCUT2D eigenvalue weighted by atomic mass is 9.90. The molecule has 1 aliphatic heterocycles. The smallest absolute Gasteiger partial charge is 0.0619 e. The Morgan fingerprint density at radius 2 is 2.27 bits per heavy atom. The Morgan fingerprint density at radius 1 is 1.53 bits per heavy atom. The van der Waals surface area contributed by atoms with Gasteiger partial charge in [0, 0.05) is 25.2 Å². The second-order valence-electron chi connectivity index (χ2n) is 4.67. The summed E-state index contributed by atoms with van der Waals surface area (Å²) in [5.41, 5.74) is 5.87. The first-order chi connectivity index (χ1) is 7.20. The Bertz CT molecular complexity index is 175. The van der Waals surface area contributed by atoms with E-state index in [4.69, 9.17) is 10.5 Å². The van der Waals surface area contributed by atoms with E-state index in [1.54, 1.807) is 0 Å². The molecule has 0 radical (unpaired) electrons. The molecule has 15 heavy (non-hydrogen) atoms. The molecule has 0 aromatic rings. The Balaban J connectivity index is 2.49. The third kappa shape index (κ3) is 3.44. The average molecular weight is 214 g/mol. The summed E-state index contributed by atoms with van der Waals surface area (Å²) in [6.07, 6.45) is 2.62. The second kappa shape index (κ2) is 6.46. The van der Waals surface area contributed by atoms with Crippen molar-refractivity contribution in [3.8, 4) is 0 Å². The minimum atomic E-state index is 0.501. The Hall–Kier alpha value is -0.120. The topological polar surface area (TPSA) is 38.5 Å².